The standard InChI is InChI=1S/C17H33NO3/c1-4-12-18-17(2,16(19)20-3)11-5-6-13-21-14-10-15-8-7-9-15/h15,18H,4-14H2,1-3H3. The number of carbonyl (C=O) groups is 1. The lowest BCUT2D eigenvalue weighted by Gasteiger charge is -2.28. The highest BCUT2D eigenvalue weighted by Gasteiger charge is 2.32. The SMILES string of the molecule is CCCNC(C)(CCCCOCCC1CCC1)C(=O)OC. The number of ether oxygens (including phenoxy) is 2. The highest BCUT2D eigenvalue weighted by Crippen LogP contribution is 2.29. The number of nitrogens with one attached hydrogen (secondary N) is 1. The first kappa shape index (κ1) is 18.4. The van der Waals surface area contributed by atoms with E-state index in [1.54, 1.807) is 0 Å². The van der Waals surface area contributed by atoms with Crippen LogP contribution < -0.4 is 5.32 Å². The lowest BCUT2D eigenvalue weighted by molar-refractivity contribution is -0.148. The Labute approximate surface area is 130 Å². The van der Waals surface area contributed by atoms with E-state index < -0.39 is 5.54 Å². The molecular formula is C17H33NO3. The van der Waals surface area contributed by atoms with Gasteiger partial charge in [-0.3, -0.25) is 4.79 Å². The summed E-state index contributed by atoms with van der Waals surface area (Å²) in [4.78, 5) is 11.9. The van der Waals surface area contributed by atoms with E-state index in [1.165, 1.54) is 32.8 Å². The second-order valence-corrected chi connectivity index (χ2v) is 6.41. The molecule has 1 N–H and O–H groups in total. The summed E-state index contributed by atoms with van der Waals surface area (Å²) in [5, 5.41) is 3.31. The molecule has 0 radical (unpaired) electrons. The minimum Gasteiger partial charge on any atom is -0.468 e. The highest BCUT2D eigenvalue weighted by atomic mass is 16.5. The first-order valence-electron chi connectivity index (χ1n) is 8.53. The van der Waals surface area contributed by atoms with Crippen molar-refractivity contribution in [1.29, 1.82) is 0 Å². The van der Waals surface area contributed by atoms with Crippen molar-refractivity contribution >= 4 is 5.97 Å². The van der Waals surface area contributed by atoms with Crippen molar-refractivity contribution < 1.29 is 14.3 Å². The van der Waals surface area contributed by atoms with Gasteiger partial charge in [-0.2, -0.15) is 0 Å². The van der Waals surface area contributed by atoms with Gasteiger partial charge in [0, 0.05) is 13.2 Å². The molecular weight excluding hydrogens is 266 g/mol. The summed E-state index contributed by atoms with van der Waals surface area (Å²) < 4.78 is 10.6. The molecule has 1 aliphatic rings. The average molecular weight is 299 g/mol. The number of esters is 1. The Kier molecular flexibility index (Phi) is 8.93. The smallest absolute Gasteiger partial charge is 0.325 e. The number of rotatable bonds is 12. The molecule has 124 valence electrons. The van der Waals surface area contributed by atoms with Crippen molar-refractivity contribution in [3.05, 3.63) is 0 Å². The molecule has 21 heavy (non-hydrogen) atoms. The monoisotopic (exact) mass is 299 g/mol. The lowest BCUT2D eigenvalue weighted by atomic mass is 9.83. The predicted octanol–water partition coefficient (Wildman–Crippen LogP) is 3.29. The Morgan fingerprint density at radius 1 is 1.29 bits per heavy atom. The Balaban J connectivity index is 2.09. The van der Waals surface area contributed by atoms with Crippen LogP contribution in [0.15, 0.2) is 0 Å². The van der Waals surface area contributed by atoms with Crippen LogP contribution in [0.25, 0.3) is 0 Å². The van der Waals surface area contributed by atoms with E-state index in [-0.39, 0.29) is 5.97 Å². The van der Waals surface area contributed by atoms with Gasteiger partial charge in [0.15, 0.2) is 0 Å². The summed E-state index contributed by atoms with van der Waals surface area (Å²) in [5.41, 5.74) is -0.559. The summed E-state index contributed by atoms with van der Waals surface area (Å²) in [6.45, 7) is 6.57. The maximum Gasteiger partial charge on any atom is 0.325 e. The minimum absolute atomic E-state index is 0.165. The molecule has 0 aromatic heterocycles. The van der Waals surface area contributed by atoms with E-state index in [0.29, 0.717) is 0 Å². The molecule has 0 amide bonds. The van der Waals surface area contributed by atoms with Crippen LogP contribution in [0.2, 0.25) is 0 Å². The zero-order valence-corrected chi connectivity index (χ0v) is 14.1. The van der Waals surface area contributed by atoms with Crippen LogP contribution in [-0.2, 0) is 14.3 Å². The molecule has 0 aliphatic heterocycles. The van der Waals surface area contributed by atoms with Gasteiger partial charge in [0.2, 0.25) is 0 Å². The Hall–Kier alpha value is -0.610. The van der Waals surface area contributed by atoms with E-state index in [1.807, 2.05) is 6.92 Å². The molecule has 1 rings (SSSR count). The average Bonchev–Trinajstić information content (AvgIpc) is 2.45. The van der Waals surface area contributed by atoms with Crippen LogP contribution in [0.5, 0.6) is 0 Å². The van der Waals surface area contributed by atoms with Gasteiger partial charge in [0.1, 0.15) is 5.54 Å². The Bertz CT molecular complexity index is 292. The highest BCUT2D eigenvalue weighted by molar-refractivity contribution is 5.80. The van der Waals surface area contributed by atoms with Crippen molar-refractivity contribution in [3.8, 4) is 0 Å². The summed E-state index contributed by atoms with van der Waals surface area (Å²) in [6.07, 6.45) is 9.20. The molecule has 0 spiro atoms. The van der Waals surface area contributed by atoms with Gasteiger partial charge >= 0.3 is 5.97 Å². The van der Waals surface area contributed by atoms with E-state index in [0.717, 1.165) is 51.4 Å². The molecule has 1 fully saturated rings. The molecule has 1 aliphatic carbocycles. The molecule has 4 heteroatoms. The predicted molar refractivity (Wildman–Crippen MR) is 85.3 cm³/mol. The van der Waals surface area contributed by atoms with Crippen molar-refractivity contribution in [1.82, 2.24) is 5.32 Å². The molecule has 1 saturated carbocycles. The summed E-state index contributed by atoms with van der Waals surface area (Å²) >= 11 is 0. The molecule has 1 unspecified atom stereocenters. The first-order valence-corrected chi connectivity index (χ1v) is 8.53. The number of hydrogen-bond acceptors (Lipinski definition) is 4. The Morgan fingerprint density at radius 2 is 2.05 bits per heavy atom. The molecule has 0 saturated heterocycles. The molecule has 0 aromatic rings. The lowest BCUT2D eigenvalue weighted by Crippen LogP contribution is -2.50. The van der Waals surface area contributed by atoms with Crippen LogP contribution >= 0.6 is 0 Å². The molecule has 1 atom stereocenters. The summed E-state index contributed by atoms with van der Waals surface area (Å²) in [7, 11) is 1.46. The van der Waals surface area contributed by atoms with Crippen molar-refractivity contribution in [2.75, 3.05) is 26.9 Å². The number of methoxy groups -OCH3 is 1. The third kappa shape index (κ3) is 6.79. The van der Waals surface area contributed by atoms with Gasteiger partial charge in [-0.05, 0) is 51.5 Å². The fraction of sp³-hybridized carbons (Fsp3) is 0.941. The largest absolute Gasteiger partial charge is 0.468 e. The third-order valence-electron chi connectivity index (χ3n) is 4.51. The summed E-state index contributed by atoms with van der Waals surface area (Å²) in [5.74, 6) is 0.757. The minimum atomic E-state index is -0.559. The van der Waals surface area contributed by atoms with Gasteiger partial charge in [-0.15, -0.1) is 0 Å². The van der Waals surface area contributed by atoms with E-state index in [2.05, 4.69) is 12.2 Å². The van der Waals surface area contributed by atoms with Gasteiger partial charge < -0.3 is 14.8 Å². The topological polar surface area (TPSA) is 47.6 Å². The van der Waals surface area contributed by atoms with Gasteiger partial charge in [-0.1, -0.05) is 26.2 Å². The quantitative estimate of drug-likeness (QED) is 0.444. The Morgan fingerprint density at radius 3 is 2.62 bits per heavy atom. The van der Waals surface area contributed by atoms with Crippen LogP contribution in [0.3, 0.4) is 0 Å². The van der Waals surface area contributed by atoms with E-state index in [9.17, 15) is 4.79 Å². The maximum atomic E-state index is 11.9. The maximum absolute atomic E-state index is 11.9. The van der Waals surface area contributed by atoms with Gasteiger partial charge in [0.05, 0.1) is 7.11 Å². The number of unbranched alkanes of at least 4 members (excludes halogenated alkanes) is 1. The zero-order chi connectivity index (χ0) is 15.6. The van der Waals surface area contributed by atoms with Crippen molar-refractivity contribution in [3.63, 3.8) is 0 Å². The molecule has 0 heterocycles. The first-order chi connectivity index (χ1) is 10.1. The van der Waals surface area contributed by atoms with Gasteiger partial charge in [0.25, 0.3) is 0 Å². The van der Waals surface area contributed by atoms with Crippen LogP contribution in [-0.4, -0.2) is 38.4 Å². The normalized spacial score (nSPS) is 18.0. The van der Waals surface area contributed by atoms with E-state index in [4.69, 9.17) is 9.47 Å². The van der Waals surface area contributed by atoms with Gasteiger partial charge in [-0.25, -0.2) is 0 Å². The van der Waals surface area contributed by atoms with Crippen LogP contribution in [0.1, 0.15) is 65.2 Å². The number of hydrogen-bond donors (Lipinski definition) is 1. The fourth-order valence-corrected chi connectivity index (χ4v) is 2.70. The fourth-order valence-electron chi connectivity index (χ4n) is 2.70. The number of carbonyl (C=O) groups excluding carboxylic acids is 1. The summed E-state index contributed by atoms with van der Waals surface area (Å²) in [6, 6.07) is 0. The van der Waals surface area contributed by atoms with Crippen LogP contribution in [0, 0.1) is 5.92 Å². The zero-order valence-electron chi connectivity index (χ0n) is 14.1. The van der Waals surface area contributed by atoms with Crippen molar-refractivity contribution in [2.24, 2.45) is 5.92 Å². The second-order valence-electron chi connectivity index (χ2n) is 6.41. The molecule has 0 bridgehead atoms. The van der Waals surface area contributed by atoms with E-state index >= 15 is 0 Å². The molecule has 4 nitrogen and oxygen atoms in total. The van der Waals surface area contributed by atoms with Crippen molar-refractivity contribution in [2.45, 2.75) is 70.8 Å². The third-order valence-corrected chi connectivity index (χ3v) is 4.51. The molecule has 0 aromatic carbocycles. The van der Waals surface area contributed by atoms with Crippen LogP contribution in [0.4, 0.5) is 0 Å². The second kappa shape index (κ2) is 10.2.